The standard InChI is InChI=1S/C20H17F2N3O3/c1-27-17-4-2-3-5-18(17)28-12-20(26)25-19-9-7-14(11-23-19)24-13-6-8-15(21)16(22)10-13/h2-11,24H,12H2,1H3,(H,23,25,26). The Labute approximate surface area is 160 Å². The Morgan fingerprint density at radius 3 is 2.43 bits per heavy atom. The van der Waals surface area contributed by atoms with E-state index < -0.39 is 11.6 Å². The van der Waals surface area contributed by atoms with Crippen molar-refractivity contribution < 1.29 is 23.0 Å². The Morgan fingerprint density at radius 2 is 1.75 bits per heavy atom. The number of para-hydroxylation sites is 2. The molecule has 28 heavy (non-hydrogen) atoms. The first kappa shape index (κ1) is 19.1. The normalized spacial score (nSPS) is 10.2. The first-order chi connectivity index (χ1) is 13.5. The lowest BCUT2D eigenvalue weighted by molar-refractivity contribution is -0.118. The van der Waals surface area contributed by atoms with Gasteiger partial charge in [-0.3, -0.25) is 4.79 Å². The maximum Gasteiger partial charge on any atom is 0.263 e. The van der Waals surface area contributed by atoms with Gasteiger partial charge < -0.3 is 20.1 Å². The minimum Gasteiger partial charge on any atom is -0.493 e. The molecule has 2 aromatic carbocycles. The molecule has 1 heterocycles. The molecule has 8 heteroatoms. The summed E-state index contributed by atoms with van der Waals surface area (Å²) in [6.45, 7) is -0.211. The molecular weight excluding hydrogens is 368 g/mol. The number of hydrogen-bond donors (Lipinski definition) is 2. The Bertz CT molecular complexity index is 965. The molecule has 0 aliphatic carbocycles. The Balaban J connectivity index is 1.54. The van der Waals surface area contributed by atoms with Crippen LogP contribution < -0.4 is 20.1 Å². The third-order valence-electron chi connectivity index (χ3n) is 3.67. The number of hydrogen-bond acceptors (Lipinski definition) is 5. The number of rotatable bonds is 7. The number of ether oxygens (including phenoxy) is 2. The summed E-state index contributed by atoms with van der Waals surface area (Å²) in [7, 11) is 1.52. The van der Waals surface area contributed by atoms with Gasteiger partial charge in [-0.1, -0.05) is 12.1 Å². The SMILES string of the molecule is COc1ccccc1OCC(=O)Nc1ccc(Nc2ccc(F)c(F)c2)cn1. The van der Waals surface area contributed by atoms with E-state index in [-0.39, 0.29) is 12.5 Å². The number of pyridine rings is 1. The Morgan fingerprint density at radius 1 is 1.00 bits per heavy atom. The molecule has 3 aromatic rings. The lowest BCUT2D eigenvalue weighted by atomic mass is 10.3. The molecule has 0 saturated carbocycles. The van der Waals surface area contributed by atoms with E-state index in [1.54, 1.807) is 36.4 Å². The third-order valence-corrected chi connectivity index (χ3v) is 3.67. The first-order valence-electron chi connectivity index (χ1n) is 8.29. The zero-order valence-electron chi connectivity index (χ0n) is 14.9. The number of nitrogens with one attached hydrogen (secondary N) is 2. The number of nitrogens with zero attached hydrogens (tertiary/aromatic N) is 1. The number of anilines is 3. The van der Waals surface area contributed by atoms with E-state index in [1.807, 2.05) is 0 Å². The second-order valence-electron chi connectivity index (χ2n) is 5.67. The molecule has 0 fully saturated rings. The molecule has 2 N–H and O–H groups in total. The van der Waals surface area contributed by atoms with Gasteiger partial charge in [-0.2, -0.15) is 0 Å². The molecule has 0 saturated heterocycles. The van der Waals surface area contributed by atoms with Crippen LogP contribution in [0.5, 0.6) is 11.5 Å². The van der Waals surface area contributed by atoms with Crippen molar-refractivity contribution in [3.63, 3.8) is 0 Å². The van der Waals surface area contributed by atoms with Crippen molar-refractivity contribution in [2.24, 2.45) is 0 Å². The molecule has 1 amide bonds. The predicted molar refractivity (Wildman–Crippen MR) is 101 cm³/mol. The highest BCUT2D eigenvalue weighted by atomic mass is 19.2. The average Bonchev–Trinajstić information content (AvgIpc) is 2.71. The quantitative estimate of drug-likeness (QED) is 0.640. The van der Waals surface area contributed by atoms with Crippen LogP contribution in [0.3, 0.4) is 0 Å². The zero-order valence-corrected chi connectivity index (χ0v) is 14.9. The predicted octanol–water partition coefficient (Wildman–Crippen LogP) is 4.13. The van der Waals surface area contributed by atoms with Gasteiger partial charge in [0.05, 0.1) is 19.0 Å². The van der Waals surface area contributed by atoms with Crippen molar-refractivity contribution in [3.05, 3.63) is 72.4 Å². The minimum atomic E-state index is -0.947. The van der Waals surface area contributed by atoms with Crippen LogP contribution in [0.15, 0.2) is 60.8 Å². The van der Waals surface area contributed by atoms with Gasteiger partial charge >= 0.3 is 0 Å². The molecule has 144 valence electrons. The summed E-state index contributed by atoms with van der Waals surface area (Å²) in [5.74, 6) is -0.946. The number of aromatic nitrogens is 1. The van der Waals surface area contributed by atoms with Gasteiger partial charge in [0.25, 0.3) is 5.91 Å². The molecular formula is C20H17F2N3O3. The van der Waals surface area contributed by atoms with E-state index in [0.29, 0.717) is 28.7 Å². The van der Waals surface area contributed by atoms with Crippen LogP contribution in [-0.4, -0.2) is 24.6 Å². The van der Waals surface area contributed by atoms with Gasteiger partial charge in [-0.15, -0.1) is 0 Å². The zero-order chi connectivity index (χ0) is 19.9. The monoisotopic (exact) mass is 385 g/mol. The van der Waals surface area contributed by atoms with E-state index in [9.17, 15) is 13.6 Å². The van der Waals surface area contributed by atoms with Crippen molar-refractivity contribution in [1.29, 1.82) is 0 Å². The average molecular weight is 385 g/mol. The van der Waals surface area contributed by atoms with Gasteiger partial charge in [0.15, 0.2) is 29.7 Å². The molecule has 0 atom stereocenters. The molecule has 0 radical (unpaired) electrons. The fourth-order valence-corrected chi connectivity index (χ4v) is 2.34. The summed E-state index contributed by atoms with van der Waals surface area (Å²) in [6, 6.07) is 13.7. The van der Waals surface area contributed by atoms with Crippen LogP contribution in [0.1, 0.15) is 0 Å². The number of carbonyl (C=O) groups excluding carboxylic acids is 1. The third kappa shape index (κ3) is 4.94. The Hall–Kier alpha value is -3.68. The second kappa shape index (κ2) is 8.81. The maximum atomic E-state index is 13.2. The fourth-order valence-electron chi connectivity index (χ4n) is 2.34. The summed E-state index contributed by atoms with van der Waals surface area (Å²) < 4.78 is 36.8. The summed E-state index contributed by atoms with van der Waals surface area (Å²) in [5, 5.41) is 5.50. The molecule has 0 aliphatic rings. The fraction of sp³-hybridized carbons (Fsp3) is 0.100. The van der Waals surface area contributed by atoms with Crippen molar-refractivity contribution >= 4 is 23.1 Å². The van der Waals surface area contributed by atoms with E-state index in [1.165, 1.54) is 19.4 Å². The Kier molecular flexibility index (Phi) is 6.01. The lowest BCUT2D eigenvalue weighted by Crippen LogP contribution is -2.20. The number of amides is 1. The number of carbonyl (C=O) groups is 1. The molecule has 6 nitrogen and oxygen atoms in total. The number of methoxy groups -OCH3 is 1. The van der Waals surface area contributed by atoms with E-state index in [2.05, 4.69) is 15.6 Å². The van der Waals surface area contributed by atoms with Crippen molar-refractivity contribution in [3.8, 4) is 11.5 Å². The lowest BCUT2D eigenvalue weighted by Gasteiger charge is -2.11. The van der Waals surface area contributed by atoms with Crippen LogP contribution in [0.2, 0.25) is 0 Å². The topological polar surface area (TPSA) is 72.5 Å². The highest BCUT2D eigenvalue weighted by Crippen LogP contribution is 2.25. The smallest absolute Gasteiger partial charge is 0.263 e. The highest BCUT2D eigenvalue weighted by Gasteiger charge is 2.08. The maximum absolute atomic E-state index is 13.2. The van der Waals surface area contributed by atoms with Gasteiger partial charge in [0, 0.05) is 11.8 Å². The van der Waals surface area contributed by atoms with Crippen LogP contribution in [0.25, 0.3) is 0 Å². The van der Waals surface area contributed by atoms with Gasteiger partial charge in [0.1, 0.15) is 5.82 Å². The summed E-state index contributed by atoms with van der Waals surface area (Å²) in [4.78, 5) is 16.1. The van der Waals surface area contributed by atoms with Gasteiger partial charge in [-0.25, -0.2) is 13.8 Å². The van der Waals surface area contributed by atoms with E-state index in [0.717, 1.165) is 12.1 Å². The van der Waals surface area contributed by atoms with Crippen molar-refractivity contribution in [2.75, 3.05) is 24.4 Å². The molecule has 3 rings (SSSR count). The second-order valence-corrected chi connectivity index (χ2v) is 5.67. The largest absolute Gasteiger partial charge is 0.493 e. The first-order valence-corrected chi connectivity index (χ1v) is 8.29. The van der Waals surface area contributed by atoms with Gasteiger partial charge in [0.2, 0.25) is 0 Å². The van der Waals surface area contributed by atoms with E-state index >= 15 is 0 Å². The number of benzene rings is 2. The molecule has 1 aromatic heterocycles. The molecule has 0 spiro atoms. The van der Waals surface area contributed by atoms with Gasteiger partial charge in [-0.05, 0) is 36.4 Å². The summed E-state index contributed by atoms with van der Waals surface area (Å²) in [5.41, 5.74) is 0.928. The van der Waals surface area contributed by atoms with Crippen LogP contribution >= 0.6 is 0 Å². The van der Waals surface area contributed by atoms with E-state index in [4.69, 9.17) is 9.47 Å². The minimum absolute atomic E-state index is 0.211. The van der Waals surface area contributed by atoms with Crippen LogP contribution in [0.4, 0.5) is 26.0 Å². The highest BCUT2D eigenvalue weighted by molar-refractivity contribution is 5.91. The molecule has 0 unspecified atom stereocenters. The molecule has 0 bridgehead atoms. The number of halogens is 2. The van der Waals surface area contributed by atoms with Crippen molar-refractivity contribution in [1.82, 2.24) is 4.98 Å². The van der Waals surface area contributed by atoms with Crippen LogP contribution in [-0.2, 0) is 4.79 Å². The summed E-state index contributed by atoms with van der Waals surface area (Å²) >= 11 is 0. The molecule has 0 aliphatic heterocycles. The summed E-state index contributed by atoms with van der Waals surface area (Å²) in [6.07, 6.45) is 1.46. The van der Waals surface area contributed by atoms with Crippen LogP contribution in [0, 0.1) is 11.6 Å². The van der Waals surface area contributed by atoms with Crippen molar-refractivity contribution in [2.45, 2.75) is 0 Å².